The molecule has 1 heterocycles. The van der Waals surface area contributed by atoms with Crippen molar-refractivity contribution in [2.45, 2.75) is 39.7 Å². The fourth-order valence-electron chi connectivity index (χ4n) is 2.59. The number of rotatable bonds is 2. The Morgan fingerprint density at radius 3 is 2.81 bits per heavy atom. The van der Waals surface area contributed by atoms with Crippen LogP contribution in [0.2, 0.25) is 0 Å². The highest BCUT2D eigenvalue weighted by Crippen LogP contribution is 2.30. The molecule has 1 amide bonds. The molecule has 1 aromatic carbocycles. The van der Waals surface area contributed by atoms with E-state index < -0.39 is 0 Å². The lowest BCUT2D eigenvalue weighted by Crippen LogP contribution is -2.30. The Morgan fingerprint density at radius 2 is 2.05 bits per heavy atom. The maximum atomic E-state index is 12.3. The Kier molecular flexibility index (Phi) is 5.03. The van der Waals surface area contributed by atoms with Crippen molar-refractivity contribution in [2.75, 3.05) is 13.1 Å². The van der Waals surface area contributed by atoms with Crippen molar-refractivity contribution in [1.29, 1.82) is 0 Å². The van der Waals surface area contributed by atoms with Crippen LogP contribution in [-0.4, -0.2) is 23.9 Å². The third-order valence-corrected chi connectivity index (χ3v) is 4.13. The molecule has 0 saturated carbocycles. The number of likely N-dealkylation sites (tertiary alicyclic amines) is 1. The number of amides is 1. The molecule has 2 N–H and O–H groups in total. The van der Waals surface area contributed by atoms with Crippen molar-refractivity contribution in [3.63, 3.8) is 0 Å². The van der Waals surface area contributed by atoms with Gasteiger partial charge in [0.1, 0.15) is 0 Å². The van der Waals surface area contributed by atoms with Crippen LogP contribution in [0.25, 0.3) is 0 Å². The van der Waals surface area contributed by atoms with Crippen LogP contribution >= 0.6 is 0 Å². The minimum atomic E-state index is 0.252. The highest BCUT2D eigenvalue weighted by atomic mass is 16.2. The van der Waals surface area contributed by atoms with Crippen LogP contribution in [0.5, 0.6) is 0 Å². The molecule has 112 valence electrons. The Balaban J connectivity index is 2.16. The van der Waals surface area contributed by atoms with E-state index in [0.717, 1.165) is 30.5 Å². The summed E-state index contributed by atoms with van der Waals surface area (Å²) in [5.74, 6) is 6.24. The molecule has 0 aromatic heterocycles. The van der Waals surface area contributed by atoms with E-state index in [1.165, 1.54) is 0 Å². The number of hydrogen-bond acceptors (Lipinski definition) is 2. The second-order valence-corrected chi connectivity index (χ2v) is 6.39. The van der Waals surface area contributed by atoms with E-state index in [0.29, 0.717) is 19.5 Å². The van der Waals surface area contributed by atoms with Gasteiger partial charge in [0.25, 0.3) is 0 Å². The van der Waals surface area contributed by atoms with Gasteiger partial charge in [-0.25, -0.2) is 0 Å². The maximum absolute atomic E-state index is 12.3. The molecule has 1 aromatic rings. The summed E-state index contributed by atoms with van der Waals surface area (Å²) in [5, 5.41) is 0. The molecule has 2 rings (SSSR count). The van der Waals surface area contributed by atoms with E-state index in [4.69, 9.17) is 5.73 Å². The van der Waals surface area contributed by atoms with Gasteiger partial charge < -0.3 is 10.6 Å². The Labute approximate surface area is 127 Å². The molecule has 1 aliphatic heterocycles. The number of nitrogens with zero attached hydrogens (tertiary/aromatic N) is 1. The third kappa shape index (κ3) is 4.34. The van der Waals surface area contributed by atoms with Gasteiger partial charge in [0, 0.05) is 25.1 Å². The Hall–Kier alpha value is -1.79. The molecular weight excluding hydrogens is 260 g/mol. The second-order valence-electron chi connectivity index (χ2n) is 6.39. The fourth-order valence-corrected chi connectivity index (χ4v) is 2.59. The highest BCUT2D eigenvalue weighted by molar-refractivity contribution is 5.76. The molecule has 3 nitrogen and oxygen atoms in total. The molecular formula is C18H24N2O. The SMILES string of the molecule is CC1(C)CCC(=O)N(Cc2ccccc2C#CCN)CC1. The smallest absolute Gasteiger partial charge is 0.222 e. The molecule has 1 fully saturated rings. The van der Waals surface area contributed by atoms with Crippen LogP contribution in [-0.2, 0) is 11.3 Å². The molecule has 0 unspecified atom stereocenters. The van der Waals surface area contributed by atoms with Crippen LogP contribution in [0.3, 0.4) is 0 Å². The summed E-state index contributed by atoms with van der Waals surface area (Å²) in [6.07, 6.45) is 2.66. The summed E-state index contributed by atoms with van der Waals surface area (Å²) in [4.78, 5) is 14.3. The Bertz CT molecular complexity index is 566. The van der Waals surface area contributed by atoms with Crippen molar-refractivity contribution < 1.29 is 4.79 Å². The van der Waals surface area contributed by atoms with E-state index in [1.807, 2.05) is 29.2 Å². The quantitative estimate of drug-likeness (QED) is 0.848. The zero-order valence-corrected chi connectivity index (χ0v) is 13.0. The molecule has 0 aliphatic carbocycles. The van der Waals surface area contributed by atoms with Crippen LogP contribution in [0.4, 0.5) is 0 Å². The van der Waals surface area contributed by atoms with E-state index in [2.05, 4.69) is 25.7 Å². The van der Waals surface area contributed by atoms with Crippen LogP contribution < -0.4 is 5.73 Å². The predicted octanol–water partition coefficient (Wildman–Crippen LogP) is 2.54. The first-order valence-corrected chi connectivity index (χ1v) is 7.56. The third-order valence-electron chi connectivity index (χ3n) is 4.13. The lowest BCUT2D eigenvalue weighted by Gasteiger charge is -2.24. The standard InChI is InChI=1S/C18H24N2O/c1-18(2)10-9-17(21)20(13-11-18)14-16-7-4-3-6-15(16)8-5-12-19/h3-4,6-7H,9-14,19H2,1-2H3. The minimum Gasteiger partial charge on any atom is -0.338 e. The summed E-state index contributed by atoms with van der Waals surface area (Å²) < 4.78 is 0. The van der Waals surface area contributed by atoms with Crippen molar-refractivity contribution in [3.8, 4) is 11.8 Å². The van der Waals surface area contributed by atoms with Gasteiger partial charge in [-0.05, 0) is 29.9 Å². The van der Waals surface area contributed by atoms with Gasteiger partial charge in [0.05, 0.1) is 6.54 Å². The first kappa shape index (κ1) is 15.6. The minimum absolute atomic E-state index is 0.252. The van der Waals surface area contributed by atoms with E-state index in [-0.39, 0.29) is 11.3 Å². The van der Waals surface area contributed by atoms with Crippen LogP contribution in [0, 0.1) is 17.3 Å². The second kappa shape index (κ2) is 6.78. The van der Waals surface area contributed by atoms with Gasteiger partial charge in [0.2, 0.25) is 5.91 Å². The number of hydrogen-bond donors (Lipinski definition) is 1. The average Bonchev–Trinajstić information content (AvgIpc) is 2.59. The van der Waals surface area contributed by atoms with Crippen molar-refractivity contribution in [3.05, 3.63) is 35.4 Å². The summed E-state index contributed by atoms with van der Waals surface area (Å²) >= 11 is 0. The maximum Gasteiger partial charge on any atom is 0.222 e. The highest BCUT2D eigenvalue weighted by Gasteiger charge is 2.27. The molecule has 0 atom stereocenters. The molecule has 1 aliphatic rings. The zero-order chi connectivity index (χ0) is 15.3. The largest absolute Gasteiger partial charge is 0.338 e. The van der Waals surface area contributed by atoms with Gasteiger partial charge in [-0.1, -0.05) is 43.9 Å². The number of carbonyl (C=O) groups is 1. The van der Waals surface area contributed by atoms with Gasteiger partial charge >= 0.3 is 0 Å². The molecule has 0 radical (unpaired) electrons. The lowest BCUT2D eigenvalue weighted by atomic mass is 9.85. The average molecular weight is 284 g/mol. The molecule has 1 saturated heterocycles. The first-order valence-electron chi connectivity index (χ1n) is 7.56. The van der Waals surface area contributed by atoms with E-state index in [9.17, 15) is 4.79 Å². The summed E-state index contributed by atoms with van der Waals surface area (Å²) in [6.45, 7) is 6.30. The molecule has 0 bridgehead atoms. The van der Waals surface area contributed by atoms with Crippen LogP contribution in [0.1, 0.15) is 44.2 Å². The van der Waals surface area contributed by atoms with Crippen molar-refractivity contribution in [2.24, 2.45) is 11.1 Å². The van der Waals surface area contributed by atoms with Crippen molar-refractivity contribution in [1.82, 2.24) is 4.90 Å². The summed E-state index contributed by atoms with van der Waals surface area (Å²) in [5.41, 5.74) is 7.77. The molecule has 0 spiro atoms. The van der Waals surface area contributed by atoms with Crippen LogP contribution in [0.15, 0.2) is 24.3 Å². The summed E-state index contributed by atoms with van der Waals surface area (Å²) in [7, 11) is 0. The van der Waals surface area contributed by atoms with Crippen molar-refractivity contribution >= 4 is 5.91 Å². The van der Waals surface area contributed by atoms with Gasteiger partial charge in [0.15, 0.2) is 0 Å². The Morgan fingerprint density at radius 1 is 1.29 bits per heavy atom. The monoisotopic (exact) mass is 284 g/mol. The molecule has 21 heavy (non-hydrogen) atoms. The predicted molar refractivity (Wildman–Crippen MR) is 85.4 cm³/mol. The van der Waals surface area contributed by atoms with Gasteiger partial charge in [-0.15, -0.1) is 0 Å². The number of nitrogens with two attached hydrogens (primary N) is 1. The molecule has 3 heteroatoms. The zero-order valence-electron chi connectivity index (χ0n) is 13.0. The first-order chi connectivity index (χ1) is 10.0. The van der Waals surface area contributed by atoms with E-state index in [1.54, 1.807) is 0 Å². The van der Waals surface area contributed by atoms with Gasteiger partial charge in [-0.3, -0.25) is 4.79 Å². The topological polar surface area (TPSA) is 46.3 Å². The summed E-state index contributed by atoms with van der Waals surface area (Å²) in [6, 6.07) is 8.00. The van der Waals surface area contributed by atoms with Gasteiger partial charge in [-0.2, -0.15) is 0 Å². The fraction of sp³-hybridized carbons (Fsp3) is 0.500. The van der Waals surface area contributed by atoms with E-state index >= 15 is 0 Å². The normalized spacial score (nSPS) is 17.9. The number of carbonyl (C=O) groups excluding carboxylic acids is 1. The number of benzene rings is 1. The lowest BCUT2D eigenvalue weighted by molar-refractivity contribution is -0.131.